The van der Waals surface area contributed by atoms with E-state index in [-0.39, 0.29) is 0 Å². The predicted molar refractivity (Wildman–Crippen MR) is 261 cm³/mol. The summed E-state index contributed by atoms with van der Waals surface area (Å²) in [6, 6.07) is 70.2. The van der Waals surface area contributed by atoms with Crippen molar-refractivity contribution >= 4 is 32.8 Å². The van der Waals surface area contributed by atoms with E-state index in [1.54, 1.807) is 0 Å². The van der Waals surface area contributed by atoms with Crippen LogP contribution in [0, 0.1) is 0 Å². The molecule has 0 N–H and O–H groups in total. The lowest BCUT2D eigenvalue weighted by molar-refractivity contribution is 1.10. The number of hydrogen-bond acceptors (Lipinski definition) is 7. The number of fused-ring (bicyclic) bond motifs is 3. The largest absolute Gasteiger partial charge is 0.292 e. The number of benzene rings is 7. The molecular formula is C57H36N8. The highest BCUT2D eigenvalue weighted by Crippen LogP contribution is 2.38. The Morgan fingerprint density at radius 1 is 0.292 bits per heavy atom. The molecule has 8 heteroatoms. The van der Waals surface area contributed by atoms with Gasteiger partial charge in [0.15, 0.2) is 11.6 Å². The zero-order valence-corrected chi connectivity index (χ0v) is 34.9. The third-order valence-electron chi connectivity index (χ3n) is 11.6. The number of rotatable bonds is 8. The minimum Gasteiger partial charge on any atom is -0.292 e. The monoisotopic (exact) mass is 832 g/mol. The molecule has 0 aliphatic heterocycles. The number of hydrogen-bond donors (Lipinski definition) is 0. The summed E-state index contributed by atoms with van der Waals surface area (Å²) in [4.78, 5) is 35.9. The van der Waals surface area contributed by atoms with E-state index < -0.39 is 0 Å². The fourth-order valence-corrected chi connectivity index (χ4v) is 8.46. The Morgan fingerprint density at radius 2 is 0.708 bits per heavy atom. The van der Waals surface area contributed by atoms with Gasteiger partial charge in [0.1, 0.15) is 5.82 Å². The Kier molecular flexibility index (Phi) is 9.31. The Bertz CT molecular complexity index is 3530. The van der Waals surface area contributed by atoms with Crippen LogP contribution in [-0.4, -0.2) is 39.5 Å². The highest BCUT2D eigenvalue weighted by molar-refractivity contribution is 5.88. The molecular weight excluding hydrogens is 797 g/mol. The van der Waals surface area contributed by atoms with E-state index in [0.717, 1.165) is 106 Å². The van der Waals surface area contributed by atoms with Gasteiger partial charge in [-0.15, -0.1) is 0 Å². The average molecular weight is 833 g/mol. The molecule has 0 unspecified atom stereocenters. The first kappa shape index (κ1) is 37.7. The minimum atomic E-state index is 0.572. The smallest absolute Gasteiger partial charge is 0.161 e. The van der Waals surface area contributed by atoms with Crippen molar-refractivity contribution in [1.29, 1.82) is 0 Å². The summed E-state index contributed by atoms with van der Waals surface area (Å²) in [5, 5.41) is 2.03. The summed E-state index contributed by atoms with van der Waals surface area (Å²) in [7, 11) is 0. The molecule has 65 heavy (non-hydrogen) atoms. The summed E-state index contributed by atoms with van der Waals surface area (Å²) in [5.74, 6) is 1.93. The molecule has 5 heterocycles. The fraction of sp³-hybridized carbons (Fsp3) is 0. The quantitative estimate of drug-likeness (QED) is 0.150. The van der Waals surface area contributed by atoms with Gasteiger partial charge in [-0.3, -0.25) is 14.5 Å². The van der Waals surface area contributed by atoms with Crippen molar-refractivity contribution < 1.29 is 0 Å². The molecule has 0 aliphatic rings. The van der Waals surface area contributed by atoms with Crippen LogP contribution in [0.2, 0.25) is 0 Å². The first-order chi connectivity index (χ1) is 32.2. The molecule has 0 saturated heterocycles. The lowest BCUT2D eigenvalue weighted by Gasteiger charge is -2.15. The van der Waals surface area contributed by atoms with Crippen molar-refractivity contribution in [2.45, 2.75) is 0 Å². The van der Waals surface area contributed by atoms with Crippen LogP contribution in [0.15, 0.2) is 219 Å². The van der Waals surface area contributed by atoms with Crippen molar-refractivity contribution in [2.24, 2.45) is 0 Å². The van der Waals surface area contributed by atoms with Gasteiger partial charge < -0.3 is 0 Å². The van der Waals surface area contributed by atoms with Crippen LogP contribution in [0.5, 0.6) is 0 Å². The van der Waals surface area contributed by atoms with E-state index >= 15 is 0 Å². The second-order valence-electron chi connectivity index (χ2n) is 15.9. The van der Waals surface area contributed by atoms with Crippen molar-refractivity contribution in [3.63, 3.8) is 0 Å². The fourth-order valence-electron chi connectivity index (χ4n) is 8.46. The number of imidazole rings is 1. The van der Waals surface area contributed by atoms with E-state index in [0.29, 0.717) is 11.6 Å². The molecule has 0 saturated carbocycles. The maximum atomic E-state index is 5.34. The van der Waals surface area contributed by atoms with Gasteiger partial charge in [0.05, 0.1) is 44.8 Å². The van der Waals surface area contributed by atoms with Gasteiger partial charge >= 0.3 is 0 Å². The van der Waals surface area contributed by atoms with Crippen LogP contribution < -0.4 is 0 Å². The molecule has 0 radical (unpaired) electrons. The van der Waals surface area contributed by atoms with Gasteiger partial charge in [-0.25, -0.2) is 24.9 Å². The third-order valence-corrected chi connectivity index (χ3v) is 11.6. The third kappa shape index (κ3) is 7.24. The van der Waals surface area contributed by atoms with Crippen LogP contribution in [0.3, 0.4) is 0 Å². The van der Waals surface area contributed by atoms with Crippen molar-refractivity contribution in [2.75, 3.05) is 0 Å². The van der Waals surface area contributed by atoms with Crippen molar-refractivity contribution in [3.8, 4) is 84.9 Å². The first-order valence-electron chi connectivity index (χ1n) is 21.5. The minimum absolute atomic E-state index is 0.572. The molecule has 0 bridgehead atoms. The molecule has 0 fully saturated rings. The van der Waals surface area contributed by atoms with E-state index in [1.165, 1.54) is 0 Å². The molecule has 12 aromatic rings. The highest BCUT2D eigenvalue weighted by Gasteiger charge is 2.20. The summed E-state index contributed by atoms with van der Waals surface area (Å²) in [6.07, 6.45) is 3.71. The van der Waals surface area contributed by atoms with E-state index in [9.17, 15) is 0 Å². The normalized spacial score (nSPS) is 11.4. The predicted octanol–water partition coefficient (Wildman–Crippen LogP) is 13.4. The number of aromatic nitrogens is 8. The molecule has 7 aromatic carbocycles. The zero-order chi connectivity index (χ0) is 43.1. The second kappa shape index (κ2) is 16.0. The standard InChI is InChI=1S/C57H36N8/c1-4-16-37(17-5-1)50-33-52(62-55(60-50)44-28-39-20-10-12-24-47(39)58-35-44)41-30-42(32-43(31-41)57-64-49-26-14-15-27-54(49)65(57)46-22-8-3-9-23-46)53-34-51(38-18-6-2-7-19-38)61-56(63-53)45-29-40-21-11-13-25-48(40)59-36-45/h1-36H. The van der Waals surface area contributed by atoms with Gasteiger partial charge in [-0.2, -0.15) is 0 Å². The summed E-state index contributed by atoms with van der Waals surface area (Å²) >= 11 is 0. The molecule has 0 atom stereocenters. The Labute approximate surface area is 374 Å². The first-order valence-corrected chi connectivity index (χ1v) is 21.5. The number of pyridine rings is 2. The van der Waals surface area contributed by atoms with Gasteiger partial charge in [-0.1, -0.05) is 127 Å². The van der Waals surface area contributed by atoms with E-state index in [1.807, 2.05) is 97.3 Å². The van der Waals surface area contributed by atoms with Gasteiger partial charge in [0.2, 0.25) is 0 Å². The highest BCUT2D eigenvalue weighted by atomic mass is 15.1. The van der Waals surface area contributed by atoms with Crippen LogP contribution in [0.1, 0.15) is 0 Å². The summed E-state index contributed by atoms with van der Waals surface area (Å²) in [6.45, 7) is 0. The van der Waals surface area contributed by atoms with Crippen molar-refractivity contribution in [1.82, 2.24) is 39.5 Å². The van der Waals surface area contributed by atoms with Crippen LogP contribution in [-0.2, 0) is 0 Å². The molecule has 12 rings (SSSR count). The molecule has 8 nitrogen and oxygen atoms in total. The van der Waals surface area contributed by atoms with Crippen molar-refractivity contribution in [3.05, 3.63) is 219 Å². The van der Waals surface area contributed by atoms with Gasteiger partial charge in [0.25, 0.3) is 0 Å². The summed E-state index contributed by atoms with van der Waals surface area (Å²) in [5.41, 5.74) is 14.0. The Morgan fingerprint density at radius 3 is 1.23 bits per heavy atom. The van der Waals surface area contributed by atoms with Gasteiger partial charge in [0, 0.05) is 67.8 Å². The molecule has 0 amide bonds. The van der Waals surface area contributed by atoms with Gasteiger partial charge in [-0.05, 0) is 78.9 Å². The summed E-state index contributed by atoms with van der Waals surface area (Å²) < 4.78 is 2.22. The molecule has 0 spiro atoms. The lowest BCUT2D eigenvalue weighted by atomic mass is 9.98. The topological polar surface area (TPSA) is 95.2 Å². The maximum absolute atomic E-state index is 5.34. The van der Waals surface area contributed by atoms with E-state index in [4.69, 9.17) is 34.9 Å². The Balaban J connectivity index is 1.13. The van der Waals surface area contributed by atoms with Crippen LogP contribution in [0.4, 0.5) is 0 Å². The van der Waals surface area contributed by atoms with E-state index in [2.05, 4.69) is 126 Å². The number of nitrogens with zero attached hydrogens (tertiary/aromatic N) is 8. The second-order valence-corrected chi connectivity index (χ2v) is 15.9. The SMILES string of the molecule is c1ccc(-c2cc(-c3cc(-c4cc(-c5ccccc5)nc(-c5cnc6ccccc6c5)n4)cc(-c4nc5ccccc5n4-c4ccccc4)c3)nc(-c3cnc4ccccc4c3)n2)cc1. The number of para-hydroxylation sites is 5. The Hall–Kier alpha value is -9.01. The average Bonchev–Trinajstić information content (AvgIpc) is 3.79. The van der Waals surface area contributed by atoms with Crippen LogP contribution in [0.25, 0.3) is 118 Å². The molecule has 304 valence electrons. The molecule has 5 aromatic heterocycles. The maximum Gasteiger partial charge on any atom is 0.161 e. The zero-order valence-electron chi connectivity index (χ0n) is 34.9. The molecule has 0 aliphatic carbocycles. The van der Waals surface area contributed by atoms with Crippen LogP contribution >= 0.6 is 0 Å². The lowest BCUT2D eigenvalue weighted by Crippen LogP contribution is -2.00.